The largest absolute Gasteiger partial charge is 0.328 e. The molecule has 3 N–H and O–H groups in total. The molecule has 2 atom stereocenters. The Morgan fingerprint density at radius 1 is 1.47 bits per heavy atom. The first-order valence-electron chi connectivity index (χ1n) is 6.29. The lowest BCUT2D eigenvalue weighted by Gasteiger charge is -2.11. The number of carbonyl (C=O) groups is 1. The lowest BCUT2D eigenvalue weighted by Crippen LogP contribution is -2.23. The number of amides is 1. The summed E-state index contributed by atoms with van der Waals surface area (Å²) >= 11 is 0. The summed E-state index contributed by atoms with van der Waals surface area (Å²) in [5.41, 5.74) is 6.73. The highest BCUT2D eigenvalue weighted by atomic mass is 16.6. The summed E-state index contributed by atoms with van der Waals surface area (Å²) in [4.78, 5) is 22.5. The molecule has 1 fully saturated rings. The SMILES string of the molecule is Cc1ccc(NC(=O)C2CCC(N)C2)c([N+](=O)[O-])c1. The Bertz CT molecular complexity index is 516. The van der Waals surface area contributed by atoms with Gasteiger partial charge in [0.1, 0.15) is 5.69 Å². The number of hydrogen-bond acceptors (Lipinski definition) is 4. The zero-order chi connectivity index (χ0) is 14.0. The highest BCUT2D eigenvalue weighted by molar-refractivity contribution is 5.94. The first-order chi connectivity index (χ1) is 8.97. The van der Waals surface area contributed by atoms with Crippen molar-refractivity contribution in [3.8, 4) is 0 Å². The Labute approximate surface area is 111 Å². The van der Waals surface area contributed by atoms with Crippen molar-refractivity contribution in [1.82, 2.24) is 0 Å². The quantitative estimate of drug-likeness (QED) is 0.643. The van der Waals surface area contributed by atoms with Gasteiger partial charge in [0, 0.05) is 18.0 Å². The highest BCUT2D eigenvalue weighted by Crippen LogP contribution is 2.29. The summed E-state index contributed by atoms with van der Waals surface area (Å²) < 4.78 is 0. The van der Waals surface area contributed by atoms with E-state index in [1.807, 2.05) is 0 Å². The summed E-state index contributed by atoms with van der Waals surface area (Å²) in [5, 5.41) is 13.6. The predicted molar refractivity (Wildman–Crippen MR) is 71.8 cm³/mol. The van der Waals surface area contributed by atoms with Crippen LogP contribution in [-0.4, -0.2) is 16.9 Å². The number of carbonyl (C=O) groups excluding carboxylic acids is 1. The van der Waals surface area contributed by atoms with E-state index in [-0.39, 0.29) is 29.2 Å². The average molecular weight is 263 g/mol. The molecule has 19 heavy (non-hydrogen) atoms. The van der Waals surface area contributed by atoms with E-state index in [2.05, 4.69) is 5.32 Å². The predicted octanol–water partition coefficient (Wildman–Crippen LogP) is 1.97. The van der Waals surface area contributed by atoms with Crippen LogP contribution in [0, 0.1) is 23.0 Å². The normalized spacial score (nSPS) is 22.2. The van der Waals surface area contributed by atoms with Gasteiger partial charge in [0.15, 0.2) is 0 Å². The maximum absolute atomic E-state index is 12.0. The second kappa shape index (κ2) is 5.36. The number of nitrogens with one attached hydrogen (secondary N) is 1. The number of anilines is 1. The van der Waals surface area contributed by atoms with Crippen LogP contribution in [0.15, 0.2) is 18.2 Å². The van der Waals surface area contributed by atoms with Gasteiger partial charge in [-0.1, -0.05) is 6.07 Å². The molecule has 0 spiro atoms. The van der Waals surface area contributed by atoms with Gasteiger partial charge in [-0.2, -0.15) is 0 Å². The molecule has 102 valence electrons. The molecular weight excluding hydrogens is 246 g/mol. The van der Waals surface area contributed by atoms with Crippen molar-refractivity contribution in [2.24, 2.45) is 11.7 Å². The number of benzene rings is 1. The fraction of sp³-hybridized carbons (Fsp3) is 0.462. The Morgan fingerprint density at radius 3 is 2.79 bits per heavy atom. The molecule has 0 radical (unpaired) electrons. The smallest absolute Gasteiger partial charge is 0.293 e. The molecule has 0 bridgehead atoms. The van der Waals surface area contributed by atoms with Crippen molar-refractivity contribution < 1.29 is 9.72 Å². The third kappa shape index (κ3) is 3.08. The van der Waals surface area contributed by atoms with Crippen LogP contribution in [0.3, 0.4) is 0 Å². The van der Waals surface area contributed by atoms with E-state index in [0.29, 0.717) is 6.42 Å². The number of nitrogens with zero attached hydrogens (tertiary/aromatic N) is 1. The molecule has 1 amide bonds. The third-order valence-corrected chi connectivity index (χ3v) is 3.45. The summed E-state index contributed by atoms with van der Waals surface area (Å²) in [6.07, 6.45) is 2.21. The van der Waals surface area contributed by atoms with Crippen molar-refractivity contribution in [1.29, 1.82) is 0 Å². The maximum atomic E-state index is 12.0. The monoisotopic (exact) mass is 263 g/mol. The van der Waals surface area contributed by atoms with Gasteiger partial charge in [0.05, 0.1) is 4.92 Å². The van der Waals surface area contributed by atoms with Crippen molar-refractivity contribution >= 4 is 17.3 Å². The molecule has 6 nitrogen and oxygen atoms in total. The molecule has 1 aliphatic rings. The van der Waals surface area contributed by atoms with Crippen LogP contribution in [0.5, 0.6) is 0 Å². The van der Waals surface area contributed by atoms with Gasteiger partial charge in [0.25, 0.3) is 5.69 Å². The van der Waals surface area contributed by atoms with Gasteiger partial charge in [-0.15, -0.1) is 0 Å². The van der Waals surface area contributed by atoms with E-state index in [1.54, 1.807) is 19.1 Å². The standard InChI is InChI=1S/C13H17N3O3/c1-8-2-5-11(12(6-8)16(18)19)15-13(17)9-3-4-10(14)7-9/h2,5-6,9-10H,3-4,7,14H2,1H3,(H,15,17). The van der Waals surface area contributed by atoms with Crippen molar-refractivity contribution in [2.75, 3.05) is 5.32 Å². The average Bonchev–Trinajstić information content (AvgIpc) is 2.78. The third-order valence-electron chi connectivity index (χ3n) is 3.45. The van der Waals surface area contributed by atoms with E-state index >= 15 is 0 Å². The molecule has 2 unspecified atom stereocenters. The van der Waals surface area contributed by atoms with Crippen LogP contribution in [-0.2, 0) is 4.79 Å². The molecule has 0 saturated heterocycles. The zero-order valence-electron chi connectivity index (χ0n) is 10.8. The van der Waals surface area contributed by atoms with Crippen molar-refractivity contribution in [3.05, 3.63) is 33.9 Å². The summed E-state index contributed by atoms with van der Waals surface area (Å²) in [6.45, 7) is 1.77. The number of aryl methyl sites for hydroxylation is 1. The van der Waals surface area contributed by atoms with Crippen LogP contribution in [0.25, 0.3) is 0 Å². The molecule has 1 aliphatic carbocycles. The lowest BCUT2D eigenvalue weighted by molar-refractivity contribution is -0.384. The number of nitro benzene ring substituents is 1. The van der Waals surface area contributed by atoms with E-state index in [1.165, 1.54) is 6.07 Å². The van der Waals surface area contributed by atoms with E-state index in [0.717, 1.165) is 18.4 Å². The second-order valence-electron chi connectivity index (χ2n) is 5.04. The Kier molecular flexibility index (Phi) is 3.80. The van der Waals surface area contributed by atoms with E-state index in [9.17, 15) is 14.9 Å². The molecule has 1 aromatic carbocycles. The fourth-order valence-corrected chi connectivity index (χ4v) is 2.39. The summed E-state index contributed by atoms with van der Waals surface area (Å²) in [7, 11) is 0. The van der Waals surface area contributed by atoms with Gasteiger partial charge in [-0.25, -0.2) is 0 Å². The molecule has 0 aliphatic heterocycles. The van der Waals surface area contributed by atoms with Crippen LogP contribution in [0.1, 0.15) is 24.8 Å². The van der Waals surface area contributed by atoms with Crippen molar-refractivity contribution in [3.63, 3.8) is 0 Å². The Balaban J connectivity index is 2.14. The number of hydrogen-bond donors (Lipinski definition) is 2. The Morgan fingerprint density at radius 2 is 2.21 bits per heavy atom. The molecular formula is C13H17N3O3. The fourth-order valence-electron chi connectivity index (χ4n) is 2.39. The van der Waals surface area contributed by atoms with E-state index < -0.39 is 4.92 Å². The molecule has 6 heteroatoms. The van der Waals surface area contributed by atoms with Gasteiger partial charge in [0.2, 0.25) is 5.91 Å². The zero-order valence-corrected chi connectivity index (χ0v) is 10.8. The number of nitrogens with two attached hydrogens (primary N) is 1. The van der Waals surface area contributed by atoms with Crippen LogP contribution in [0.2, 0.25) is 0 Å². The minimum Gasteiger partial charge on any atom is -0.328 e. The lowest BCUT2D eigenvalue weighted by atomic mass is 10.1. The number of rotatable bonds is 3. The highest BCUT2D eigenvalue weighted by Gasteiger charge is 2.29. The maximum Gasteiger partial charge on any atom is 0.293 e. The molecule has 0 heterocycles. The van der Waals surface area contributed by atoms with Gasteiger partial charge < -0.3 is 11.1 Å². The first kappa shape index (κ1) is 13.5. The topological polar surface area (TPSA) is 98.3 Å². The summed E-state index contributed by atoms with van der Waals surface area (Å²) in [6, 6.07) is 4.82. The van der Waals surface area contributed by atoms with Crippen molar-refractivity contribution in [2.45, 2.75) is 32.2 Å². The van der Waals surface area contributed by atoms with Gasteiger partial charge in [-0.3, -0.25) is 14.9 Å². The van der Waals surface area contributed by atoms with E-state index in [4.69, 9.17) is 5.73 Å². The summed E-state index contributed by atoms with van der Waals surface area (Å²) in [5.74, 6) is -0.323. The minimum absolute atomic E-state index is 0.0590. The van der Waals surface area contributed by atoms with Crippen LogP contribution in [0.4, 0.5) is 11.4 Å². The first-order valence-corrected chi connectivity index (χ1v) is 6.29. The Hall–Kier alpha value is -1.95. The second-order valence-corrected chi connectivity index (χ2v) is 5.04. The number of nitro groups is 1. The van der Waals surface area contributed by atoms with Crippen LogP contribution < -0.4 is 11.1 Å². The van der Waals surface area contributed by atoms with Gasteiger partial charge in [-0.05, 0) is 37.8 Å². The van der Waals surface area contributed by atoms with Crippen LogP contribution >= 0.6 is 0 Å². The van der Waals surface area contributed by atoms with Gasteiger partial charge >= 0.3 is 0 Å². The molecule has 1 aromatic rings. The minimum atomic E-state index is -0.483. The molecule has 0 aromatic heterocycles. The molecule has 2 rings (SSSR count). The molecule has 1 saturated carbocycles.